The van der Waals surface area contributed by atoms with Gasteiger partial charge in [-0.1, -0.05) is 29.3 Å². The molecule has 2 aliphatic rings. The van der Waals surface area contributed by atoms with Crippen LogP contribution < -0.4 is 9.47 Å². The van der Waals surface area contributed by atoms with Crippen molar-refractivity contribution < 1.29 is 19.1 Å². The van der Waals surface area contributed by atoms with Crippen LogP contribution in [-0.2, 0) is 4.79 Å². The average molecular weight is 408 g/mol. The zero-order valence-corrected chi connectivity index (χ0v) is 17.8. The molecule has 30 heavy (non-hydrogen) atoms. The lowest BCUT2D eigenvalue weighted by molar-refractivity contribution is -0.135. The summed E-state index contributed by atoms with van der Waals surface area (Å²) in [5.41, 5.74) is 2.48. The van der Waals surface area contributed by atoms with Crippen LogP contribution in [0.1, 0.15) is 53.6 Å². The summed E-state index contributed by atoms with van der Waals surface area (Å²) < 4.78 is 12.0. The third-order valence-electron chi connectivity index (χ3n) is 6.10. The van der Waals surface area contributed by atoms with Crippen molar-refractivity contribution in [3.63, 3.8) is 0 Å². The number of nitrogens with zero attached hydrogens (tertiary/aromatic N) is 1. The number of carbonyl (C=O) groups is 2. The van der Waals surface area contributed by atoms with E-state index < -0.39 is 5.60 Å². The predicted octanol–water partition coefficient (Wildman–Crippen LogP) is 4.49. The van der Waals surface area contributed by atoms with E-state index >= 15 is 0 Å². The fourth-order valence-electron chi connectivity index (χ4n) is 4.26. The topological polar surface area (TPSA) is 55.8 Å². The lowest BCUT2D eigenvalue weighted by Gasteiger charge is -2.44. The van der Waals surface area contributed by atoms with Gasteiger partial charge in [-0.2, -0.15) is 0 Å². The van der Waals surface area contributed by atoms with Crippen molar-refractivity contribution in [3.05, 3.63) is 59.2 Å². The predicted molar refractivity (Wildman–Crippen MR) is 115 cm³/mol. The summed E-state index contributed by atoms with van der Waals surface area (Å²) >= 11 is 0. The number of amides is 1. The first-order valence-electron chi connectivity index (χ1n) is 10.7. The molecular weight excluding hydrogens is 378 g/mol. The van der Waals surface area contributed by atoms with Crippen LogP contribution in [0, 0.1) is 13.8 Å². The van der Waals surface area contributed by atoms with E-state index in [0.717, 1.165) is 11.3 Å². The molecule has 0 aromatic heterocycles. The maximum atomic E-state index is 12.7. The van der Waals surface area contributed by atoms with Gasteiger partial charge in [0, 0.05) is 32.4 Å². The number of aryl methyl sites for hydroxylation is 2. The molecule has 5 nitrogen and oxygen atoms in total. The molecule has 2 heterocycles. The Morgan fingerprint density at radius 2 is 1.77 bits per heavy atom. The summed E-state index contributed by atoms with van der Waals surface area (Å²) in [5.74, 6) is 1.82. The van der Waals surface area contributed by atoms with Crippen LogP contribution in [0.25, 0.3) is 0 Å². The van der Waals surface area contributed by atoms with E-state index in [1.807, 2.05) is 61.2 Å². The van der Waals surface area contributed by atoms with Gasteiger partial charge < -0.3 is 14.4 Å². The molecule has 1 saturated heterocycles. The largest absolute Gasteiger partial charge is 0.494 e. The zero-order chi connectivity index (χ0) is 21.1. The maximum absolute atomic E-state index is 12.7. The van der Waals surface area contributed by atoms with Gasteiger partial charge in [0.05, 0.1) is 18.6 Å². The first kappa shape index (κ1) is 20.5. The van der Waals surface area contributed by atoms with Crippen molar-refractivity contribution in [3.8, 4) is 11.5 Å². The number of ether oxygens (including phenoxy) is 2. The molecule has 4 rings (SSSR count). The Morgan fingerprint density at radius 3 is 2.50 bits per heavy atom. The summed E-state index contributed by atoms with van der Waals surface area (Å²) in [4.78, 5) is 27.1. The van der Waals surface area contributed by atoms with Gasteiger partial charge in [-0.05, 0) is 44.5 Å². The summed E-state index contributed by atoms with van der Waals surface area (Å²) in [6.07, 6.45) is 2.95. The molecule has 0 aliphatic carbocycles. The minimum absolute atomic E-state index is 0.146. The summed E-state index contributed by atoms with van der Waals surface area (Å²) in [6.45, 7) is 5.81. The quantitative estimate of drug-likeness (QED) is 0.686. The Balaban J connectivity index is 1.25. The van der Waals surface area contributed by atoms with E-state index in [1.165, 1.54) is 5.56 Å². The van der Waals surface area contributed by atoms with Gasteiger partial charge in [0.25, 0.3) is 0 Å². The molecule has 0 radical (unpaired) electrons. The van der Waals surface area contributed by atoms with Crippen LogP contribution in [0.3, 0.4) is 0 Å². The summed E-state index contributed by atoms with van der Waals surface area (Å²) in [6, 6.07) is 13.7. The molecule has 1 amide bonds. The van der Waals surface area contributed by atoms with Crippen molar-refractivity contribution >= 4 is 11.7 Å². The minimum atomic E-state index is -0.468. The molecule has 0 atom stereocenters. The van der Waals surface area contributed by atoms with E-state index in [1.54, 1.807) is 0 Å². The average Bonchev–Trinajstić information content (AvgIpc) is 2.73. The highest BCUT2D eigenvalue weighted by Crippen LogP contribution is 2.39. The molecule has 1 fully saturated rings. The molecule has 0 unspecified atom stereocenters. The highest BCUT2D eigenvalue weighted by atomic mass is 16.5. The second-order valence-electron chi connectivity index (χ2n) is 8.53. The number of hydrogen-bond donors (Lipinski definition) is 0. The number of rotatable bonds is 5. The molecule has 1 spiro atoms. The highest BCUT2D eigenvalue weighted by molar-refractivity contribution is 6.00. The lowest BCUT2D eigenvalue weighted by atomic mass is 9.82. The van der Waals surface area contributed by atoms with Crippen LogP contribution in [0.5, 0.6) is 11.5 Å². The van der Waals surface area contributed by atoms with Crippen molar-refractivity contribution in [2.45, 2.75) is 51.6 Å². The van der Waals surface area contributed by atoms with Gasteiger partial charge in [0.2, 0.25) is 5.91 Å². The smallest absolute Gasteiger partial charge is 0.222 e. The monoisotopic (exact) mass is 407 g/mol. The number of benzene rings is 2. The van der Waals surface area contributed by atoms with Crippen LogP contribution in [0.4, 0.5) is 0 Å². The fourth-order valence-corrected chi connectivity index (χ4v) is 4.26. The third kappa shape index (κ3) is 4.50. The maximum Gasteiger partial charge on any atom is 0.222 e. The van der Waals surface area contributed by atoms with Crippen molar-refractivity contribution in [1.82, 2.24) is 4.90 Å². The zero-order valence-electron chi connectivity index (χ0n) is 17.8. The van der Waals surface area contributed by atoms with E-state index in [0.29, 0.717) is 63.1 Å². The Bertz CT molecular complexity index is 927. The van der Waals surface area contributed by atoms with Gasteiger partial charge in [0.15, 0.2) is 5.78 Å². The minimum Gasteiger partial charge on any atom is -0.494 e. The van der Waals surface area contributed by atoms with Crippen molar-refractivity contribution in [2.75, 3.05) is 19.7 Å². The molecular formula is C25H29NO4. The summed E-state index contributed by atoms with van der Waals surface area (Å²) in [7, 11) is 0. The van der Waals surface area contributed by atoms with Crippen LogP contribution >= 0.6 is 0 Å². The Kier molecular flexibility index (Phi) is 5.80. The summed E-state index contributed by atoms with van der Waals surface area (Å²) in [5, 5.41) is 0. The second-order valence-corrected chi connectivity index (χ2v) is 8.53. The van der Waals surface area contributed by atoms with E-state index in [9.17, 15) is 9.59 Å². The van der Waals surface area contributed by atoms with E-state index in [4.69, 9.17) is 9.47 Å². The van der Waals surface area contributed by atoms with E-state index in [-0.39, 0.29) is 11.7 Å². The SMILES string of the molecule is Cc1ccc(OCCCC(=O)N2CCC3(CC2)CC(=O)c2cc(C)ccc2O3)cc1. The number of ketones is 1. The molecule has 0 bridgehead atoms. The Labute approximate surface area is 178 Å². The van der Waals surface area contributed by atoms with Gasteiger partial charge >= 0.3 is 0 Å². The molecule has 0 N–H and O–H groups in total. The Hall–Kier alpha value is -2.82. The van der Waals surface area contributed by atoms with Crippen molar-refractivity contribution in [2.24, 2.45) is 0 Å². The number of fused-ring (bicyclic) bond motifs is 1. The van der Waals surface area contributed by atoms with Crippen LogP contribution in [0.15, 0.2) is 42.5 Å². The normalized spacial score (nSPS) is 17.4. The van der Waals surface area contributed by atoms with Gasteiger partial charge in [0.1, 0.15) is 17.1 Å². The third-order valence-corrected chi connectivity index (χ3v) is 6.10. The number of carbonyl (C=O) groups excluding carboxylic acids is 2. The molecule has 5 heteroatoms. The first-order chi connectivity index (χ1) is 14.4. The Morgan fingerprint density at radius 1 is 1.07 bits per heavy atom. The van der Waals surface area contributed by atoms with Gasteiger partial charge in [-0.15, -0.1) is 0 Å². The number of hydrogen-bond acceptors (Lipinski definition) is 4. The van der Waals surface area contributed by atoms with Crippen LogP contribution in [-0.4, -0.2) is 41.9 Å². The van der Waals surface area contributed by atoms with Gasteiger partial charge in [-0.25, -0.2) is 0 Å². The standard InChI is InChI=1S/C25H29NO4/c1-18-5-8-20(9-6-18)29-15-3-4-24(28)26-13-11-25(12-14-26)17-22(27)21-16-19(2)7-10-23(21)30-25/h5-10,16H,3-4,11-15,17H2,1-2H3. The number of likely N-dealkylation sites (tertiary alicyclic amines) is 1. The number of piperidine rings is 1. The van der Waals surface area contributed by atoms with Crippen molar-refractivity contribution in [1.29, 1.82) is 0 Å². The molecule has 0 saturated carbocycles. The molecule has 2 aromatic carbocycles. The molecule has 158 valence electrons. The van der Waals surface area contributed by atoms with E-state index in [2.05, 4.69) is 0 Å². The van der Waals surface area contributed by atoms with Crippen LogP contribution in [0.2, 0.25) is 0 Å². The lowest BCUT2D eigenvalue weighted by Crippen LogP contribution is -2.52. The molecule has 2 aliphatic heterocycles. The fraction of sp³-hybridized carbons (Fsp3) is 0.440. The second kappa shape index (κ2) is 8.50. The first-order valence-corrected chi connectivity index (χ1v) is 10.7. The molecule has 2 aromatic rings. The van der Waals surface area contributed by atoms with Gasteiger partial charge in [-0.3, -0.25) is 9.59 Å². The highest BCUT2D eigenvalue weighted by Gasteiger charge is 2.43. The number of Topliss-reactive ketones (excluding diaryl/α,β-unsaturated/α-hetero) is 1.